The van der Waals surface area contributed by atoms with Crippen LogP contribution < -0.4 is 0 Å². The van der Waals surface area contributed by atoms with E-state index in [9.17, 15) is 0 Å². The van der Waals surface area contributed by atoms with Crippen LogP contribution in [-0.4, -0.2) is 48.8 Å². The van der Waals surface area contributed by atoms with Gasteiger partial charge in [0.25, 0.3) is 0 Å². The lowest BCUT2D eigenvalue weighted by molar-refractivity contribution is 0.198. The van der Waals surface area contributed by atoms with Crippen molar-refractivity contribution in [3.8, 4) is 0 Å². The molecule has 4 heteroatoms. The van der Waals surface area contributed by atoms with Crippen LogP contribution >= 0.6 is 0 Å². The Kier molecular flexibility index (Phi) is 7.28. The summed E-state index contributed by atoms with van der Waals surface area (Å²) in [6.45, 7) is 0. The number of hydrogen-bond acceptors (Lipinski definition) is 3. The summed E-state index contributed by atoms with van der Waals surface area (Å²) in [5.41, 5.74) is 0. The topological polar surface area (TPSA) is 27.7 Å². The Hall–Kier alpha value is 0.0969. The molecule has 0 unspecified atom stereocenters. The molecule has 0 atom stereocenters. The predicted octanol–water partition coefficient (Wildman–Crippen LogP) is -0.230. The lowest BCUT2D eigenvalue weighted by Gasteiger charge is -2.10. The van der Waals surface area contributed by atoms with E-state index >= 15 is 0 Å². The number of methoxy groups -OCH3 is 3. The first-order valence-corrected chi connectivity index (χ1v) is 5.77. The summed E-state index contributed by atoms with van der Waals surface area (Å²) < 4.78 is 15.0. The maximum absolute atomic E-state index is 5.01. The van der Waals surface area contributed by atoms with Gasteiger partial charge in [-0.05, 0) is 0 Å². The molecule has 62 valence electrons. The Balaban J connectivity index is 3.30. The molecule has 10 heavy (non-hydrogen) atoms. The summed E-state index contributed by atoms with van der Waals surface area (Å²) in [5.74, 6) is 0. The number of hydrogen-bond donors (Lipinski definition) is 0. The zero-order chi connectivity index (χ0) is 7.82. The molecule has 0 aliphatic heterocycles. The molecule has 0 aliphatic rings. The molecule has 0 N–H and O–H groups in total. The van der Waals surface area contributed by atoms with Crippen LogP contribution in [0.5, 0.6) is 0 Å². The Morgan fingerprint density at radius 2 is 1.10 bits per heavy atom. The maximum atomic E-state index is 5.01. The van der Waals surface area contributed by atoms with Crippen molar-refractivity contribution in [1.29, 1.82) is 0 Å². The average Bonchev–Trinajstić information content (AvgIpc) is 1.90. The Morgan fingerprint density at radius 1 is 0.800 bits per heavy atom. The smallest absolute Gasteiger partial charge is 0.126 e. The Labute approximate surface area is 63.9 Å². The van der Waals surface area contributed by atoms with Crippen molar-refractivity contribution in [3.63, 3.8) is 0 Å². The molecule has 0 aromatic rings. The predicted molar refractivity (Wildman–Crippen MR) is 42.8 cm³/mol. The van der Waals surface area contributed by atoms with Gasteiger partial charge in [-0.3, -0.25) is 0 Å². The van der Waals surface area contributed by atoms with E-state index in [-0.39, 0.29) is 0 Å². The summed E-state index contributed by atoms with van der Waals surface area (Å²) in [7, 11) is 4.24. The van der Waals surface area contributed by atoms with Crippen LogP contribution in [0, 0.1) is 0 Å². The van der Waals surface area contributed by atoms with E-state index in [4.69, 9.17) is 14.2 Å². The van der Waals surface area contributed by atoms with Crippen molar-refractivity contribution in [3.05, 3.63) is 0 Å². The van der Waals surface area contributed by atoms with Crippen LogP contribution in [-0.2, 0) is 14.2 Å². The lowest BCUT2D eigenvalue weighted by atomic mass is 11.5. The van der Waals surface area contributed by atoms with Crippen molar-refractivity contribution in [2.45, 2.75) is 0 Å². The first-order chi connectivity index (χ1) is 4.85. The van der Waals surface area contributed by atoms with Gasteiger partial charge in [0.15, 0.2) is 0 Å². The standard InChI is InChI=1S/C6H16O3Si/c1-7-4-10(5-8-2)6-9-3/h10H,4-6H2,1-3H3. The van der Waals surface area contributed by atoms with E-state index < -0.39 is 8.80 Å². The van der Waals surface area contributed by atoms with Gasteiger partial charge < -0.3 is 14.2 Å². The third kappa shape index (κ3) is 4.93. The molecular weight excluding hydrogens is 148 g/mol. The second-order valence-corrected chi connectivity index (χ2v) is 4.96. The molecular formula is C6H16O3Si. The molecule has 0 fully saturated rings. The normalized spacial score (nSPS) is 10.8. The number of ether oxygens (including phenoxy) is 3. The Morgan fingerprint density at radius 3 is 1.30 bits per heavy atom. The maximum Gasteiger partial charge on any atom is 0.126 e. The highest BCUT2D eigenvalue weighted by Gasteiger charge is 2.08. The van der Waals surface area contributed by atoms with Gasteiger partial charge in [0.1, 0.15) is 8.80 Å². The third-order valence-electron chi connectivity index (χ3n) is 1.21. The minimum atomic E-state index is -0.900. The average molecular weight is 164 g/mol. The van der Waals surface area contributed by atoms with E-state index in [1.165, 1.54) is 0 Å². The van der Waals surface area contributed by atoms with Gasteiger partial charge in [-0.1, -0.05) is 0 Å². The molecule has 0 aliphatic carbocycles. The van der Waals surface area contributed by atoms with Gasteiger partial charge >= 0.3 is 0 Å². The fourth-order valence-electron chi connectivity index (χ4n) is 0.851. The molecule has 0 heterocycles. The summed E-state index contributed by atoms with van der Waals surface area (Å²) in [6, 6.07) is 0. The third-order valence-corrected chi connectivity index (χ3v) is 3.62. The highest BCUT2D eigenvalue weighted by atomic mass is 28.3. The van der Waals surface area contributed by atoms with Crippen molar-refractivity contribution in [2.75, 3.05) is 40.0 Å². The SMILES string of the molecule is COC[SiH](COC)COC. The van der Waals surface area contributed by atoms with Gasteiger partial charge in [-0.15, -0.1) is 0 Å². The Bertz CT molecular complexity index is 55.7. The molecule has 0 spiro atoms. The van der Waals surface area contributed by atoms with Gasteiger partial charge in [0.2, 0.25) is 0 Å². The summed E-state index contributed by atoms with van der Waals surface area (Å²) in [6.07, 6.45) is 2.50. The molecule has 0 saturated carbocycles. The van der Waals surface area contributed by atoms with Crippen LogP contribution in [0.25, 0.3) is 0 Å². The quantitative estimate of drug-likeness (QED) is 0.508. The van der Waals surface area contributed by atoms with Crippen molar-refractivity contribution >= 4 is 8.80 Å². The zero-order valence-electron chi connectivity index (χ0n) is 6.92. The van der Waals surface area contributed by atoms with Crippen LogP contribution in [0.4, 0.5) is 0 Å². The molecule has 0 aromatic carbocycles. The summed E-state index contributed by atoms with van der Waals surface area (Å²) >= 11 is 0. The van der Waals surface area contributed by atoms with Gasteiger partial charge in [-0.25, -0.2) is 0 Å². The summed E-state index contributed by atoms with van der Waals surface area (Å²) in [4.78, 5) is 0. The largest absolute Gasteiger partial charge is 0.388 e. The van der Waals surface area contributed by atoms with Gasteiger partial charge in [-0.2, -0.15) is 0 Å². The van der Waals surface area contributed by atoms with Crippen molar-refractivity contribution in [1.82, 2.24) is 0 Å². The van der Waals surface area contributed by atoms with E-state index in [0.29, 0.717) is 0 Å². The van der Waals surface area contributed by atoms with Crippen LogP contribution in [0.3, 0.4) is 0 Å². The first-order valence-electron chi connectivity index (χ1n) is 3.32. The van der Waals surface area contributed by atoms with Crippen molar-refractivity contribution < 1.29 is 14.2 Å². The van der Waals surface area contributed by atoms with E-state index in [2.05, 4.69) is 0 Å². The summed E-state index contributed by atoms with van der Waals surface area (Å²) in [5, 5.41) is 0. The van der Waals surface area contributed by atoms with E-state index in [1.54, 1.807) is 21.3 Å². The number of rotatable bonds is 6. The molecule has 0 radical (unpaired) electrons. The van der Waals surface area contributed by atoms with Gasteiger partial charge in [0, 0.05) is 40.0 Å². The second-order valence-electron chi connectivity index (χ2n) is 2.23. The van der Waals surface area contributed by atoms with E-state index in [0.717, 1.165) is 18.7 Å². The lowest BCUT2D eigenvalue weighted by Crippen LogP contribution is -2.32. The molecule has 3 nitrogen and oxygen atoms in total. The fraction of sp³-hybridized carbons (Fsp3) is 1.00. The first kappa shape index (κ1) is 10.1. The molecule has 0 saturated heterocycles. The van der Waals surface area contributed by atoms with Crippen molar-refractivity contribution in [2.24, 2.45) is 0 Å². The van der Waals surface area contributed by atoms with E-state index in [1.807, 2.05) is 0 Å². The monoisotopic (exact) mass is 164 g/mol. The highest BCUT2D eigenvalue weighted by Crippen LogP contribution is 1.85. The van der Waals surface area contributed by atoms with Crippen LogP contribution in [0.2, 0.25) is 0 Å². The molecule has 0 bridgehead atoms. The molecule has 0 rings (SSSR count). The molecule has 0 aromatic heterocycles. The highest BCUT2D eigenvalue weighted by molar-refractivity contribution is 6.58. The second kappa shape index (κ2) is 7.21. The fourth-order valence-corrected chi connectivity index (χ4v) is 2.55. The molecule has 0 amide bonds. The van der Waals surface area contributed by atoms with Crippen LogP contribution in [0.1, 0.15) is 0 Å². The zero-order valence-corrected chi connectivity index (χ0v) is 8.08. The minimum Gasteiger partial charge on any atom is -0.388 e. The van der Waals surface area contributed by atoms with Gasteiger partial charge in [0.05, 0.1) is 0 Å². The van der Waals surface area contributed by atoms with Crippen LogP contribution in [0.15, 0.2) is 0 Å². The minimum absolute atomic E-state index is 0.835.